The van der Waals surface area contributed by atoms with Gasteiger partial charge in [0, 0.05) is 21.2 Å². The topological polar surface area (TPSA) is 49.4 Å². The lowest BCUT2D eigenvalue weighted by atomic mass is 10.1. The number of fused-ring (bicyclic) bond motifs is 1. The normalized spacial score (nSPS) is 36.7. The van der Waals surface area contributed by atoms with Crippen molar-refractivity contribution in [2.24, 2.45) is 0 Å². The van der Waals surface area contributed by atoms with Crippen molar-refractivity contribution in [3.05, 3.63) is 0 Å². The van der Waals surface area contributed by atoms with Crippen molar-refractivity contribution >= 4 is 17.4 Å². The number of methoxy groups -OCH3 is 1. The van der Waals surface area contributed by atoms with Crippen LogP contribution in [-0.4, -0.2) is 68.3 Å². The Morgan fingerprint density at radius 3 is 2.58 bits per heavy atom. The highest BCUT2D eigenvalue weighted by molar-refractivity contribution is 7.80. The molecular weight excluding hydrogens is 270 g/mol. The fourth-order valence-electron chi connectivity index (χ4n) is 2.26. The van der Waals surface area contributed by atoms with Crippen LogP contribution < -0.4 is 0 Å². The molecule has 0 radical (unpaired) electrons. The molecule has 110 valence electrons. The van der Waals surface area contributed by atoms with E-state index in [2.05, 4.69) is 0 Å². The molecule has 19 heavy (non-hydrogen) atoms. The Balaban J connectivity index is 2.13. The first-order valence-electron chi connectivity index (χ1n) is 6.22. The van der Waals surface area contributed by atoms with E-state index in [0.29, 0.717) is 11.8 Å². The minimum atomic E-state index is -0.650. The van der Waals surface area contributed by atoms with Crippen LogP contribution in [0.1, 0.15) is 13.8 Å². The van der Waals surface area contributed by atoms with Crippen LogP contribution in [0.3, 0.4) is 0 Å². The van der Waals surface area contributed by atoms with Crippen molar-refractivity contribution in [1.82, 2.24) is 4.90 Å². The Labute approximate surface area is 118 Å². The summed E-state index contributed by atoms with van der Waals surface area (Å²) in [5.74, 6) is -0.650. The zero-order valence-electron chi connectivity index (χ0n) is 11.9. The Bertz CT molecular complexity index is 349. The minimum absolute atomic E-state index is 0.170. The van der Waals surface area contributed by atoms with Crippen molar-refractivity contribution in [2.75, 3.05) is 27.8 Å². The van der Waals surface area contributed by atoms with Gasteiger partial charge < -0.3 is 28.6 Å². The number of nitrogens with zero attached hydrogens (tertiary/aromatic N) is 1. The third-order valence-corrected chi connectivity index (χ3v) is 3.53. The Morgan fingerprint density at radius 1 is 1.32 bits per heavy atom. The van der Waals surface area contributed by atoms with E-state index in [-0.39, 0.29) is 12.2 Å². The van der Waals surface area contributed by atoms with Crippen molar-refractivity contribution in [3.8, 4) is 0 Å². The SMILES string of the molecule is CO[C@H]1OC[C@@H]2OC(C)(C)O[C@@H]2[C@H]1OC(=S)N(C)C. The van der Waals surface area contributed by atoms with Crippen molar-refractivity contribution in [1.29, 1.82) is 0 Å². The molecule has 7 heteroatoms. The molecule has 2 saturated heterocycles. The molecule has 0 amide bonds. The molecule has 2 fully saturated rings. The largest absolute Gasteiger partial charge is 0.459 e. The highest BCUT2D eigenvalue weighted by Gasteiger charge is 2.52. The maximum absolute atomic E-state index is 5.89. The number of hydrogen-bond donors (Lipinski definition) is 0. The third-order valence-electron chi connectivity index (χ3n) is 3.07. The van der Waals surface area contributed by atoms with E-state index in [1.807, 2.05) is 27.9 Å². The standard InChI is InChI=1S/C12H21NO5S/c1-12(2)17-7-6-15-10(14-5)9(8(7)18-12)16-11(19)13(3)4/h7-10H,6H2,1-5H3/t7-,8-,9+,10-/m0/s1. The molecular formula is C12H21NO5S. The number of ether oxygens (including phenoxy) is 5. The molecule has 0 bridgehead atoms. The summed E-state index contributed by atoms with van der Waals surface area (Å²) >= 11 is 5.17. The summed E-state index contributed by atoms with van der Waals surface area (Å²) in [5.41, 5.74) is 0. The van der Waals surface area contributed by atoms with Gasteiger partial charge in [-0.15, -0.1) is 0 Å². The van der Waals surface area contributed by atoms with Gasteiger partial charge in [0.2, 0.25) is 0 Å². The van der Waals surface area contributed by atoms with E-state index in [1.165, 1.54) is 0 Å². The lowest BCUT2D eigenvalue weighted by Crippen LogP contribution is -2.54. The molecule has 0 aromatic carbocycles. The molecule has 2 aliphatic heterocycles. The zero-order valence-corrected chi connectivity index (χ0v) is 12.7. The summed E-state index contributed by atoms with van der Waals surface area (Å²) in [4.78, 5) is 1.71. The third kappa shape index (κ3) is 3.17. The molecule has 0 spiro atoms. The summed E-state index contributed by atoms with van der Waals surface area (Å²) in [5, 5.41) is 0.365. The second-order valence-electron chi connectivity index (χ2n) is 5.32. The van der Waals surface area contributed by atoms with E-state index in [9.17, 15) is 0 Å². The number of rotatable bonds is 2. The Kier molecular flexibility index (Phi) is 4.32. The minimum Gasteiger partial charge on any atom is -0.459 e. The van der Waals surface area contributed by atoms with Gasteiger partial charge in [-0.1, -0.05) is 0 Å². The average Bonchev–Trinajstić information content (AvgIpc) is 2.64. The van der Waals surface area contributed by atoms with Crippen LogP contribution in [0.5, 0.6) is 0 Å². The van der Waals surface area contributed by atoms with Crippen LogP contribution in [0.15, 0.2) is 0 Å². The van der Waals surface area contributed by atoms with E-state index < -0.39 is 18.2 Å². The number of hydrogen-bond acceptors (Lipinski definition) is 6. The van der Waals surface area contributed by atoms with Crippen molar-refractivity contribution in [2.45, 2.75) is 44.2 Å². The lowest BCUT2D eigenvalue weighted by molar-refractivity contribution is -0.238. The smallest absolute Gasteiger partial charge is 0.259 e. The second-order valence-corrected chi connectivity index (χ2v) is 5.67. The van der Waals surface area contributed by atoms with Gasteiger partial charge in [0.15, 0.2) is 18.2 Å². The van der Waals surface area contributed by atoms with Gasteiger partial charge in [0.25, 0.3) is 5.17 Å². The van der Waals surface area contributed by atoms with E-state index in [1.54, 1.807) is 12.0 Å². The number of thiocarbonyl (C=S) groups is 1. The fourth-order valence-corrected chi connectivity index (χ4v) is 2.37. The Hall–Kier alpha value is -0.470. The summed E-state index contributed by atoms with van der Waals surface area (Å²) < 4.78 is 28.3. The summed E-state index contributed by atoms with van der Waals surface area (Å²) in [7, 11) is 5.21. The zero-order chi connectivity index (χ0) is 14.2. The van der Waals surface area contributed by atoms with Gasteiger partial charge in [0.1, 0.15) is 12.2 Å². The first-order valence-corrected chi connectivity index (χ1v) is 6.63. The van der Waals surface area contributed by atoms with Crippen LogP contribution in [0.25, 0.3) is 0 Å². The van der Waals surface area contributed by atoms with Gasteiger partial charge >= 0.3 is 0 Å². The monoisotopic (exact) mass is 291 g/mol. The fraction of sp³-hybridized carbons (Fsp3) is 0.917. The maximum atomic E-state index is 5.89. The molecule has 4 atom stereocenters. The molecule has 0 aromatic rings. The van der Waals surface area contributed by atoms with Gasteiger partial charge in [-0.2, -0.15) is 0 Å². The van der Waals surface area contributed by atoms with Crippen molar-refractivity contribution < 1.29 is 23.7 Å². The highest BCUT2D eigenvalue weighted by Crippen LogP contribution is 2.35. The molecule has 0 saturated carbocycles. The maximum Gasteiger partial charge on any atom is 0.259 e. The van der Waals surface area contributed by atoms with E-state index in [4.69, 9.17) is 35.9 Å². The van der Waals surface area contributed by atoms with E-state index >= 15 is 0 Å². The predicted molar refractivity (Wildman–Crippen MR) is 71.7 cm³/mol. The summed E-state index contributed by atoms with van der Waals surface area (Å²) in [6.45, 7) is 4.16. The molecule has 0 unspecified atom stereocenters. The van der Waals surface area contributed by atoms with Crippen LogP contribution in [0.2, 0.25) is 0 Å². The molecule has 0 N–H and O–H groups in total. The van der Waals surface area contributed by atoms with Crippen LogP contribution in [-0.2, 0) is 23.7 Å². The second kappa shape index (κ2) is 5.49. The predicted octanol–water partition coefficient (Wildman–Crippen LogP) is 0.741. The first kappa shape index (κ1) is 14.9. The van der Waals surface area contributed by atoms with Crippen LogP contribution in [0.4, 0.5) is 0 Å². The van der Waals surface area contributed by atoms with Gasteiger partial charge in [0.05, 0.1) is 6.61 Å². The lowest BCUT2D eigenvalue weighted by Gasteiger charge is -2.37. The molecule has 2 heterocycles. The molecule has 2 aliphatic rings. The Morgan fingerprint density at radius 2 is 2.00 bits per heavy atom. The van der Waals surface area contributed by atoms with Gasteiger partial charge in [-0.05, 0) is 26.1 Å². The van der Waals surface area contributed by atoms with Crippen molar-refractivity contribution in [3.63, 3.8) is 0 Å². The molecule has 6 nitrogen and oxygen atoms in total. The molecule has 0 aliphatic carbocycles. The summed E-state index contributed by atoms with van der Waals surface area (Å²) in [6.07, 6.45) is -1.39. The van der Waals surface area contributed by atoms with Crippen LogP contribution >= 0.6 is 12.2 Å². The van der Waals surface area contributed by atoms with Gasteiger partial charge in [-0.25, -0.2) is 0 Å². The van der Waals surface area contributed by atoms with E-state index in [0.717, 1.165) is 0 Å². The quantitative estimate of drug-likeness (QED) is 0.695. The highest BCUT2D eigenvalue weighted by atomic mass is 32.1. The summed E-state index contributed by atoms with van der Waals surface area (Å²) in [6, 6.07) is 0. The molecule has 0 aromatic heterocycles. The molecule has 2 rings (SSSR count). The van der Waals surface area contributed by atoms with Gasteiger partial charge in [-0.3, -0.25) is 0 Å². The van der Waals surface area contributed by atoms with Crippen LogP contribution in [0, 0.1) is 0 Å². The average molecular weight is 291 g/mol. The first-order chi connectivity index (χ1) is 8.84.